The van der Waals surface area contributed by atoms with E-state index in [1.807, 2.05) is 0 Å². The normalized spacial score (nSPS) is 17.8. The van der Waals surface area contributed by atoms with Gasteiger partial charge in [0.2, 0.25) is 5.95 Å². The number of rotatable bonds is 2. The Morgan fingerprint density at radius 3 is 2.57 bits per heavy atom. The van der Waals surface area contributed by atoms with Crippen molar-refractivity contribution in [3.63, 3.8) is 0 Å². The van der Waals surface area contributed by atoms with Crippen LogP contribution >= 0.6 is 0 Å². The minimum Gasteiger partial charge on any atom is -0.468 e. The highest BCUT2D eigenvalue weighted by molar-refractivity contribution is 5.85. The van der Waals surface area contributed by atoms with Gasteiger partial charge in [-0.2, -0.15) is 0 Å². The van der Waals surface area contributed by atoms with Gasteiger partial charge in [-0.1, -0.05) is 0 Å². The van der Waals surface area contributed by atoms with E-state index in [-0.39, 0.29) is 11.9 Å². The maximum absolute atomic E-state index is 11.5. The van der Waals surface area contributed by atoms with Crippen LogP contribution in [0.2, 0.25) is 0 Å². The maximum atomic E-state index is 11.5. The fraction of sp³-hybridized carbons (Fsp3) is 0.571. The molecule has 0 unspecified atom stereocenters. The Labute approximate surface area is 80.0 Å². The number of carbonyl (C=O) groups excluding carboxylic acids is 1. The molecule has 0 aliphatic heterocycles. The summed E-state index contributed by atoms with van der Waals surface area (Å²) in [7, 11) is 1.34. The van der Waals surface area contributed by atoms with Gasteiger partial charge in [0.15, 0.2) is 5.82 Å². The van der Waals surface area contributed by atoms with Crippen LogP contribution in [-0.4, -0.2) is 28.0 Å². The SMILES string of the molecule is COC(=O)C1(c2nnc(N)n2N)CC1. The quantitative estimate of drug-likeness (QED) is 0.454. The minimum atomic E-state index is -0.714. The van der Waals surface area contributed by atoms with Crippen molar-refractivity contribution in [1.29, 1.82) is 0 Å². The number of nitrogen functional groups attached to an aromatic ring is 2. The topological polar surface area (TPSA) is 109 Å². The van der Waals surface area contributed by atoms with E-state index in [1.165, 1.54) is 7.11 Å². The van der Waals surface area contributed by atoms with Crippen molar-refractivity contribution in [2.75, 3.05) is 18.7 Å². The number of carbonyl (C=O) groups is 1. The molecule has 0 bridgehead atoms. The van der Waals surface area contributed by atoms with E-state index in [0.29, 0.717) is 18.7 Å². The van der Waals surface area contributed by atoms with E-state index in [4.69, 9.17) is 11.6 Å². The van der Waals surface area contributed by atoms with Crippen LogP contribution in [0.25, 0.3) is 0 Å². The van der Waals surface area contributed by atoms with Crippen molar-refractivity contribution in [2.45, 2.75) is 18.3 Å². The predicted molar refractivity (Wildman–Crippen MR) is 47.5 cm³/mol. The van der Waals surface area contributed by atoms with Gasteiger partial charge in [0, 0.05) is 0 Å². The molecule has 0 atom stereocenters. The first-order valence-electron chi connectivity index (χ1n) is 4.16. The van der Waals surface area contributed by atoms with Gasteiger partial charge in [-0.3, -0.25) is 4.79 Å². The van der Waals surface area contributed by atoms with Gasteiger partial charge in [0.1, 0.15) is 5.41 Å². The van der Waals surface area contributed by atoms with Gasteiger partial charge in [0.25, 0.3) is 0 Å². The standard InChI is InChI=1S/C7H11N5O2/c1-14-5(13)7(2-3-7)4-10-11-6(8)12(4)9/h2-3,9H2,1H3,(H2,8,11). The molecule has 0 radical (unpaired) electrons. The van der Waals surface area contributed by atoms with Crippen LogP contribution in [0.4, 0.5) is 5.95 Å². The summed E-state index contributed by atoms with van der Waals surface area (Å²) in [6.45, 7) is 0. The second-order valence-electron chi connectivity index (χ2n) is 3.33. The first-order valence-corrected chi connectivity index (χ1v) is 4.16. The Bertz CT molecular complexity index is 381. The number of hydrogen-bond acceptors (Lipinski definition) is 6. The number of nitrogens with two attached hydrogens (primary N) is 2. The second-order valence-corrected chi connectivity index (χ2v) is 3.33. The Balaban J connectivity index is 2.40. The lowest BCUT2D eigenvalue weighted by Crippen LogP contribution is -2.29. The number of methoxy groups -OCH3 is 1. The third-order valence-electron chi connectivity index (χ3n) is 2.48. The second kappa shape index (κ2) is 2.60. The minimum absolute atomic E-state index is 0.0928. The lowest BCUT2D eigenvalue weighted by molar-refractivity contribution is -0.143. The average Bonchev–Trinajstić information content (AvgIpc) is 2.92. The molecule has 14 heavy (non-hydrogen) atoms. The molecular weight excluding hydrogens is 186 g/mol. The summed E-state index contributed by atoms with van der Waals surface area (Å²) in [5, 5.41) is 7.38. The van der Waals surface area contributed by atoms with Gasteiger partial charge in [0.05, 0.1) is 7.11 Å². The van der Waals surface area contributed by atoms with Crippen molar-refractivity contribution >= 4 is 11.9 Å². The lowest BCUT2D eigenvalue weighted by Gasteiger charge is -2.10. The van der Waals surface area contributed by atoms with Crippen molar-refractivity contribution in [2.24, 2.45) is 0 Å². The fourth-order valence-corrected chi connectivity index (χ4v) is 1.47. The first-order chi connectivity index (χ1) is 6.62. The van der Waals surface area contributed by atoms with Crippen LogP contribution < -0.4 is 11.6 Å². The van der Waals surface area contributed by atoms with Crippen molar-refractivity contribution < 1.29 is 9.53 Å². The summed E-state index contributed by atoms with van der Waals surface area (Å²) >= 11 is 0. The number of ether oxygens (including phenoxy) is 1. The van der Waals surface area contributed by atoms with Crippen LogP contribution in [0.5, 0.6) is 0 Å². The lowest BCUT2D eigenvalue weighted by atomic mass is 10.1. The maximum Gasteiger partial charge on any atom is 0.319 e. The van der Waals surface area contributed by atoms with Crippen molar-refractivity contribution in [3.8, 4) is 0 Å². The van der Waals surface area contributed by atoms with Crippen LogP contribution in [-0.2, 0) is 14.9 Å². The third-order valence-corrected chi connectivity index (χ3v) is 2.48. The first kappa shape index (κ1) is 8.79. The predicted octanol–water partition coefficient (Wildman–Crippen LogP) is -1.22. The Morgan fingerprint density at radius 2 is 2.21 bits per heavy atom. The van der Waals surface area contributed by atoms with Crippen LogP contribution in [0, 0.1) is 0 Å². The smallest absolute Gasteiger partial charge is 0.319 e. The molecule has 1 fully saturated rings. The largest absolute Gasteiger partial charge is 0.468 e. The Hall–Kier alpha value is -1.79. The molecule has 1 aliphatic rings. The molecule has 0 saturated heterocycles. The number of hydrogen-bond donors (Lipinski definition) is 2. The van der Waals surface area contributed by atoms with Crippen molar-refractivity contribution in [1.82, 2.24) is 14.9 Å². The van der Waals surface area contributed by atoms with E-state index in [0.717, 1.165) is 4.68 Å². The molecule has 1 saturated carbocycles. The van der Waals surface area contributed by atoms with E-state index in [2.05, 4.69) is 14.9 Å². The molecule has 1 aliphatic carbocycles. The Morgan fingerprint density at radius 1 is 1.57 bits per heavy atom. The van der Waals surface area contributed by atoms with E-state index < -0.39 is 5.41 Å². The van der Waals surface area contributed by atoms with Gasteiger partial charge >= 0.3 is 5.97 Å². The molecule has 0 aromatic carbocycles. The number of aromatic nitrogens is 3. The van der Waals surface area contributed by atoms with E-state index in [1.54, 1.807) is 0 Å². The number of esters is 1. The highest BCUT2D eigenvalue weighted by Crippen LogP contribution is 2.48. The summed E-state index contributed by atoms with van der Waals surface area (Å²) in [5.41, 5.74) is 4.70. The molecule has 0 spiro atoms. The third kappa shape index (κ3) is 0.949. The Kier molecular flexibility index (Phi) is 1.63. The molecule has 2 rings (SSSR count). The molecule has 4 N–H and O–H groups in total. The molecule has 76 valence electrons. The number of anilines is 1. The zero-order chi connectivity index (χ0) is 10.3. The zero-order valence-corrected chi connectivity index (χ0v) is 7.73. The van der Waals surface area contributed by atoms with E-state index >= 15 is 0 Å². The molecular formula is C7H11N5O2. The van der Waals surface area contributed by atoms with Gasteiger partial charge in [-0.25, -0.2) is 4.68 Å². The molecule has 0 amide bonds. The molecule has 1 aromatic rings. The monoisotopic (exact) mass is 197 g/mol. The van der Waals surface area contributed by atoms with Gasteiger partial charge in [-0.15, -0.1) is 10.2 Å². The summed E-state index contributed by atoms with van der Waals surface area (Å²) in [6.07, 6.45) is 1.35. The van der Waals surface area contributed by atoms with Gasteiger partial charge < -0.3 is 16.3 Å². The molecule has 7 heteroatoms. The summed E-state index contributed by atoms with van der Waals surface area (Å²) < 4.78 is 5.81. The van der Waals surface area contributed by atoms with Crippen LogP contribution in [0.3, 0.4) is 0 Å². The fourth-order valence-electron chi connectivity index (χ4n) is 1.47. The highest BCUT2D eigenvalue weighted by Gasteiger charge is 2.56. The van der Waals surface area contributed by atoms with Crippen LogP contribution in [0.15, 0.2) is 0 Å². The molecule has 7 nitrogen and oxygen atoms in total. The van der Waals surface area contributed by atoms with Gasteiger partial charge in [-0.05, 0) is 12.8 Å². The highest BCUT2D eigenvalue weighted by atomic mass is 16.5. The summed E-state index contributed by atoms with van der Waals surface area (Å²) in [4.78, 5) is 11.5. The van der Waals surface area contributed by atoms with Crippen LogP contribution in [0.1, 0.15) is 18.7 Å². The van der Waals surface area contributed by atoms with Crippen molar-refractivity contribution in [3.05, 3.63) is 5.82 Å². The summed E-state index contributed by atoms with van der Waals surface area (Å²) in [5.74, 6) is 5.71. The molecule has 1 aromatic heterocycles. The zero-order valence-electron chi connectivity index (χ0n) is 7.73. The van der Waals surface area contributed by atoms with E-state index in [9.17, 15) is 4.79 Å². The number of nitrogens with zero attached hydrogens (tertiary/aromatic N) is 3. The summed E-state index contributed by atoms with van der Waals surface area (Å²) in [6, 6.07) is 0. The molecule has 1 heterocycles. The average molecular weight is 197 g/mol.